The van der Waals surface area contributed by atoms with E-state index in [2.05, 4.69) is 75.7 Å². The number of benzene rings is 2. The highest BCUT2D eigenvalue weighted by molar-refractivity contribution is 5.94. The average molecular weight is 305 g/mol. The van der Waals surface area contributed by atoms with Gasteiger partial charge in [0.1, 0.15) is 7.05 Å². The van der Waals surface area contributed by atoms with Crippen LogP contribution in [0.2, 0.25) is 0 Å². The van der Waals surface area contributed by atoms with Gasteiger partial charge in [0.05, 0.1) is 6.76 Å². The Hall–Kier alpha value is -2.15. The largest absolute Gasteiger partial charge is 0.220 e. The minimum absolute atomic E-state index is 0.474. The number of aromatic nitrogens is 1. The molecule has 1 nitrogen and oxygen atoms in total. The van der Waals surface area contributed by atoms with Gasteiger partial charge in [-0.25, -0.2) is 0 Å². The van der Waals surface area contributed by atoms with E-state index in [9.17, 15) is 0 Å². The molecule has 3 rings (SSSR count). The smallest absolute Gasteiger partial charge is 0.198 e. The van der Waals surface area contributed by atoms with Gasteiger partial charge in [0, 0.05) is 18.5 Å². The van der Waals surface area contributed by atoms with Crippen LogP contribution in [-0.2, 0) is 7.05 Å². The highest BCUT2D eigenvalue weighted by Gasteiger charge is 2.20. The number of hydrogen-bond acceptors (Lipinski definition) is 0. The highest BCUT2D eigenvalue weighted by Crippen LogP contribution is 2.31. The molecule has 2 aromatic carbocycles. The van der Waals surface area contributed by atoms with Crippen molar-refractivity contribution in [3.8, 4) is 11.3 Å². The van der Waals surface area contributed by atoms with Gasteiger partial charge < -0.3 is 0 Å². The Kier molecular flexibility index (Phi) is 3.65. The Labute approximate surface area is 141 Å². The van der Waals surface area contributed by atoms with Crippen LogP contribution in [0, 0.1) is 20.8 Å². The zero-order valence-corrected chi connectivity index (χ0v) is 15.0. The molecule has 0 aliphatic rings. The molecule has 1 heteroatoms. The summed E-state index contributed by atoms with van der Waals surface area (Å²) in [5.74, 6) is 0.474. The third kappa shape index (κ3) is 2.76. The molecule has 0 saturated heterocycles. The first-order valence-electron chi connectivity index (χ1n) is 8.81. The van der Waals surface area contributed by atoms with Gasteiger partial charge in [-0.1, -0.05) is 43.7 Å². The number of fused-ring (bicyclic) bond motifs is 1. The Morgan fingerprint density at radius 2 is 1.74 bits per heavy atom. The maximum atomic E-state index is 8.54. The molecule has 0 bridgehead atoms. The fourth-order valence-electron chi connectivity index (χ4n) is 3.17. The van der Waals surface area contributed by atoms with E-state index >= 15 is 0 Å². The Balaban J connectivity index is 2.49. The molecule has 1 heterocycles. The third-order valence-electron chi connectivity index (χ3n) is 4.77. The zero-order valence-electron chi connectivity index (χ0n) is 16.0. The number of hydrogen-bond donors (Lipinski definition) is 0. The van der Waals surface area contributed by atoms with E-state index < -0.39 is 0 Å². The summed E-state index contributed by atoms with van der Waals surface area (Å²) in [5.41, 5.74) is 7.31. The lowest BCUT2D eigenvalue weighted by atomic mass is 9.94. The normalized spacial score (nSPS) is 12.0. The summed E-state index contributed by atoms with van der Waals surface area (Å²) in [6, 6.07) is 13.8. The molecule has 0 unspecified atom stereocenters. The van der Waals surface area contributed by atoms with Gasteiger partial charge in [-0.05, 0) is 48.4 Å². The molecular formula is C22H26N+. The standard InChI is InChI=1S/C22H26N/c1-14(2)18-9-10-19-12-17(5)23(6)22(21(19)13-18)20-11-15(3)7-8-16(20)4/h7-14H,1-6H3/q+1/i12D. The van der Waals surface area contributed by atoms with Gasteiger partial charge in [0.25, 0.3) is 0 Å². The number of aryl methyl sites for hydroxylation is 2. The zero-order chi connectivity index (χ0) is 17.6. The monoisotopic (exact) mass is 305 g/mol. The molecule has 0 aliphatic heterocycles. The van der Waals surface area contributed by atoms with Crippen LogP contribution in [0.25, 0.3) is 22.0 Å². The lowest BCUT2D eigenvalue weighted by Crippen LogP contribution is -2.35. The van der Waals surface area contributed by atoms with Gasteiger partial charge in [0.15, 0.2) is 5.69 Å². The van der Waals surface area contributed by atoms with Gasteiger partial charge in [0.2, 0.25) is 5.69 Å². The molecular weight excluding hydrogens is 278 g/mol. The maximum absolute atomic E-state index is 8.54. The summed E-state index contributed by atoms with van der Waals surface area (Å²) in [6.07, 6.45) is 0. The second-order valence-electron chi connectivity index (χ2n) is 6.90. The number of nitrogens with zero attached hydrogens (tertiary/aromatic N) is 1. The van der Waals surface area contributed by atoms with Crippen molar-refractivity contribution < 1.29 is 5.94 Å². The maximum Gasteiger partial charge on any atom is 0.220 e. The van der Waals surface area contributed by atoms with Crippen LogP contribution in [-0.4, -0.2) is 0 Å². The quantitative estimate of drug-likeness (QED) is 0.560. The van der Waals surface area contributed by atoms with Crippen LogP contribution in [0.3, 0.4) is 0 Å². The molecule has 0 amide bonds. The van der Waals surface area contributed by atoms with E-state index in [-0.39, 0.29) is 0 Å². The molecule has 0 spiro atoms. The fraction of sp³-hybridized carbons (Fsp3) is 0.318. The predicted octanol–water partition coefficient (Wildman–Crippen LogP) is 5.38. The molecule has 0 saturated carbocycles. The van der Waals surface area contributed by atoms with Crippen LogP contribution in [0.5, 0.6) is 0 Å². The Bertz CT molecular complexity index is 939. The minimum Gasteiger partial charge on any atom is -0.198 e. The average Bonchev–Trinajstić information content (AvgIpc) is 2.55. The topological polar surface area (TPSA) is 3.88 Å². The Morgan fingerprint density at radius 3 is 2.43 bits per heavy atom. The van der Waals surface area contributed by atoms with Crippen molar-refractivity contribution in [3.63, 3.8) is 0 Å². The SMILES string of the molecule is [2H]c1c(C)[n+](C)c(-c2cc(C)ccc2C)c2cc(C(C)C)ccc12. The van der Waals surface area contributed by atoms with E-state index in [4.69, 9.17) is 1.37 Å². The molecule has 0 fully saturated rings. The van der Waals surface area contributed by atoms with Gasteiger partial charge in [-0.15, -0.1) is 0 Å². The van der Waals surface area contributed by atoms with Crippen LogP contribution in [0.15, 0.2) is 42.4 Å². The fourth-order valence-corrected chi connectivity index (χ4v) is 3.17. The summed E-state index contributed by atoms with van der Waals surface area (Å²) in [7, 11) is 2.08. The molecule has 0 aliphatic carbocycles. The van der Waals surface area contributed by atoms with E-state index in [1.807, 2.05) is 6.92 Å². The van der Waals surface area contributed by atoms with Crippen molar-refractivity contribution in [1.82, 2.24) is 0 Å². The first kappa shape index (κ1) is 14.4. The molecule has 0 radical (unpaired) electrons. The molecule has 0 atom stereocenters. The van der Waals surface area contributed by atoms with Crippen molar-refractivity contribution in [1.29, 1.82) is 0 Å². The second kappa shape index (κ2) is 5.81. The van der Waals surface area contributed by atoms with Crippen LogP contribution in [0.1, 0.15) is 43.5 Å². The first-order valence-corrected chi connectivity index (χ1v) is 8.31. The number of rotatable bonds is 2. The molecule has 118 valence electrons. The highest BCUT2D eigenvalue weighted by atomic mass is 14.9. The van der Waals surface area contributed by atoms with Crippen molar-refractivity contribution in [2.24, 2.45) is 7.05 Å². The summed E-state index contributed by atoms with van der Waals surface area (Å²) < 4.78 is 10.7. The first-order chi connectivity index (χ1) is 11.3. The lowest BCUT2D eigenvalue weighted by Gasteiger charge is -2.13. The lowest BCUT2D eigenvalue weighted by molar-refractivity contribution is -0.665. The van der Waals surface area contributed by atoms with Gasteiger partial charge in [-0.2, -0.15) is 4.57 Å². The van der Waals surface area contributed by atoms with E-state index in [0.717, 1.165) is 11.1 Å². The van der Waals surface area contributed by atoms with Crippen LogP contribution in [0.4, 0.5) is 0 Å². The number of pyridine rings is 1. The van der Waals surface area contributed by atoms with Crippen molar-refractivity contribution >= 4 is 10.8 Å². The van der Waals surface area contributed by atoms with Crippen molar-refractivity contribution in [2.75, 3.05) is 0 Å². The summed E-state index contributed by atoms with van der Waals surface area (Å²) in [4.78, 5) is 0. The molecule has 3 aromatic rings. The molecule has 0 N–H and O–H groups in total. The van der Waals surface area contributed by atoms with Crippen molar-refractivity contribution in [3.05, 3.63) is 64.8 Å². The van der Waals surface area contributed by atoms with E-state index in [0.29, 0.717) is 12.0 Å². The Morgan fingerprint density at radius 1 is 1.00 bits per heavy atom. The molecule has 23 heavy (non-hydrogen) atoms. The summed E-state index contributed by atoms with van der Waals surface area (Å²) in [5, 5.41) is 2.21. The molecule has 1 aromatic heterocycles. The van der Waals surface area contributed by atoms with Gasteiger partial charge >= 0.3 is 0 Å². The second-order valence-corrected chi connectivity index (χ2v) is 6.90. The summed E-state index contributed by atoms with van der Waals surface area (Å²) in [6.45, 7) is 10.8. The van der Waals surface area contributed by atoms with Crippen LogP contribution >= 0.6 is 0 Å². The summed E-state index contributed by atoms with van der Waals surface area (Å²) >= 11 is 0. The van der Waals surface area contributed by atoms with E-state index in [1.54, 1.807) is 0 Å². The third-order valence-corrected chi connectivity index (χ3v) is 4.77. The van der Waals surface area contributed by atoms with Crippen LogP contribution < -0.4 is 4.57 Å². The minimum atomic E-state index is 0.474. The van der Waals surface area contributed by atoms with Crippen molar-refractivity contribution in [2.45, 2.75) is 40.5 Å². The van der Waals surface area contributed by atoms with Gasteiger partial charge in [-0.3, -0.25) is 0 Å². The van der Waals surface area contributed by atoms with E-state index in [1.165, 1.54) is 33.3 Å². The predicted molar refractivity (Wildman–Crippen MR) is 98.9 cm³/mol.